The number of carbonyl (C=O) groups excluding carboxylic acids is 2. The average molecular weight is 420 g/mol. The summed E-state index contributed by atoms with van der Waals surface area (Å²) in [6, 6.07) is 5.31. The lowest BCUT2D eigenvalue weighted by Crippen LogP contribution is -2.33. The third kappa shape index (κ3) is 6.30. The molecule has 0 aliphatic carbocycles. The molecule has 0 aliphatic rings. The second kappa shape index (κ2) is 10.2. The van der Waals surface area contributed by atoms with Gasteiger partial charge in [-0.3, -0.25) is 4.79 Å². The van der Waals surface area contributed by atoms with Crippen LogP contribution in [0.1, 0.15) is 50.0 Å². The molecule has 0 aliphatic heterocycles. The summed E-state index contributed by atoms with van der Waals surface area (Å²) in [5.41, 5.74) is 0.326. The molecule has 0 saturated carbocycles. The highest BCUT2D eigenvalue weighted by Gasteiger charge is 2.17. The summed E-state index contributed by atoms with van der Waals surface area (Å²) >= 11 is 0. The lowest BCUT2D eigenvalue weighted by atomic mass is 10.0. The van der Waals surface area contributed by atoms with Crippen molar-refractivity contribution in [2.24, 2.45) is 0 Å². The zero-order valence-corrected chi connectivity index (χ0v) is 17.9. The van der Waals surface area contributed by atoms with Gasteiger partial charge in [-0.05, 0) is 58.2 Å². The fourth-order valence-corrected chi connectivity index (χ4v) is 3.03. The lowest BCUT2D eigenvalue weighted by molar-refractivity contribution is 0.0515. The van der Waals surface area contributed by atoms with Gasteiger partial charge < -0.3 is 19.4 Å². The van der Waals surface area contributed by atoms with Crippen molar-refractivity contribution in [3.8, 4) is 0 Å². The summed E-state index contributed by atoms with van der Waals surface area (Å²) < 4.78 is 24.7. The Hall–Kier alpha value is -2.90. The predicted molar refractivity (Wildman–Crippen MR) is 113 cm³/mol. The van der Waals surface area contributed by atoms with E-state index < -0.39 is 29.8 Å². The number of alkyl carbamates (subject to hydrolysis) is 1. The molecule has 1 N–H and O–H groups in total. The molecule has 8 heteroatoms. The van der Waals surface area contributed by atoms with E-state index in [2.05, 4.69) is 5.32 Å². The van der Waals surface area contributed by atoms with Crippen LogP contribution in [0, 0.1) is 0 Å². The zero-order chi connectivity index (χ0) is 22.3. The van der Waals surface area contributed by atoms with Gasteiger partial charge >= 0.3 is 12.1 Å². The summed E-state index contributed by atoms with van der Waals surface area (Å²) in [4.78, 5) is 36.7. The third-order valence-electron chi connectivity index (χ3n) is 4.28. The number of nitrogens with zero attached hydrogens (tertiary/aromatic N) is 1. The summed E-state index contributed by atoms with van der Waals surface area (Å²) in [6.07, 6.45) is 2.13. The number of benzene rings is 1. The Morgan fingerprint density at radius 1 is 1.23 bits per heavy atom. The topological polar surface area (TPSA) is 86.6 Å². The van der Waals surface area contributed by atoms with Crippen molar-refractivity contribution in [3.05, 3.63) is 45.7 Å². The lowest BCUT2D eigenvalue weighted by Gasteiger charge is -2.19. The standard InChI is InChI=1S/C22H29FN2O5/c1-5-29-20(27)17-14-25(12-10-23)18-9-8-15(13-16(18)19(17)26)7-6-11-24-21(28)30-22(2,3)4/h8-9,13-14H,5-7,10-12H2,1-4H3,(H,24,28). The third-order valence-corrected chi connectivity index (χ3v) is 4.28. The highest BCUT2D eigenvalue weighted by molar-refractivity contribution is 5.94. The van der Waals surface area contributed by atoms with Crippen molar-refractivity contribution in [1.82, 2.24) is 9.88 Å². The SMILES string of the molecule is CCOC(=O)c1cn(CCF)c2ccc(CCCNC(=O)OC(C)(C)C)cc2c1=O. The molecule has 1 heterocycles. The van der Waals surface area contributed by atoms with Crippen molar-refractivity contribution < 1.29 is 23.5 Å². The molecule has 0 atom stereocenters. The molecule has 0 bridgehead atoms. The van der Waals surface area contributed by atoms with E-state index in [1.165, 1.54) is 6.20 Å². The first kappa shape index (κ1) is 23.4. The number of halogens is 1. The van der Waals surface area contributed by atoms with Gasteiger partial charge in [0.25, 0.3) is 0 Å². The molecular formula is C22H29FN2O5. The molecule has 164 valence electrons. The number of hydrogen-bond acceptors (Lipinski definition) is 5. The Morgan fingerprint density at radius 2 is 1.97 bits per heavy atom. The van der Waals surface area contributed by atoms with Crippen LogP contribution in [0.2, 0.25) is 0 Å². The monoisotopic (exact) mass is 420 g/mol. The summed E-state index contributed by atoms with van der Waals surface area (Å²) in [5.74, 6) is -0.719. The number of nitrogens with one attached hydrogen (secondary N) is 1. The van der Waals surface area contributed by atoms with Gasteiger partial charge in [0, 0.05) is 18.1 Å². The van der Waals surface area contributed by atoms with Crippen LogP contribution in [0.3, 0.4) is 0 Å². The van der Waals surface area contributed by atoms with Gasteiger partial charge in [0.15, 0.2) is 0 Å². The van der Waals surface area contributed by atoms with Crippen molar-refractivity contribution in [3.63, 3.8) is 0 Å². The molecule has 2 rings (SSSR count). The number of alkyl halides is 1. The van der Waals surface area contributed by atoms with Crippen LogP contribution in [-0.4, -0.2) is 42.1 Å². The first-order valence-corrected chi connectivity index (χ1v) is 10.0. The molecular weight excluding hydrogens is 391 g/mol. The number of hydrogen-bond donors (Lipinski definition) is 1. The first-order valence-electron chi connectivity index (χ1n) is 10.0. The average Bonchev–Trinajstić information content (AvgIpc) is 2.66. The minimum absolute atomic E-state index is 0.0301. The van der Waals surface area contributed by atoms with Gasteiger partial charge in [0.05, 0.1) is 18.7 Å². The Bertz CT molecular complexity index is 962. The number of rotatable bonds is 8. The van der Waals surface area contributed by atoms with Gasteiger partial charge in [0.1, 0.15) is 17.8 Å². The van der Waals surface area contributed by atoms with Crippen LogP contribution in [0.25, 0.3) is 10.9 Å². The Balaban J connectivity index is 2.19. The van der Waals surface area contributed by atoms with Crippen LogP contribution in [0.5, 0.6) is 0 Å². The predicted octanol–water partition coefficient (Wildman–Crippen LogP) is 3.61. The number of ether oxygens (including phenoxy) is 2. The quantitative estimate of drug-likeness (QED) is 0.521. The molecule has 0 spiro atoms. The largest absolute Gasteiger partial charge is 0.462 e. The number of carbonyl (C=O) groups is 2. The van der Waals surface area contributed by atoms with Crippen molar-refractivity contribution >= 4 is 23.0 Å². The minimum Gasteiger partial charge on any atom is -0.462 e. The minimum atomic E-state index is -0.719. The molecule has 2 aromatic rings. The van der Waals surface area contributed by atoms with Crippen LogP contribution in [0.4, 0.5) is 9.18 Å². The summed E-state index contributed by atoms with van der Waals surface area (Å²) in [7, 11) is 0. The van der Waals surface area contributed by atoms with Crippen LogP contribution >= 0.6 is 0 Å². The Morgan fingerprint density at radius 3 is 2.60 bits per heavy atom. The van der Waals surface area contributed by atoms with Crippen LogP contribution in [-0.2, 0) is 22.4 Å². The number of fused-ring (bicyclic) bond motifs is 1. The Kier molecular flexibility index (Phi) is 7.97. The van der Waals surface area contributed by atoms with E-state index in [-0.39, 0.29) is 18.7 Å². The van der Waals surface area contributed by atoms with Gasteiger partial charge in [-0.15, -0.1) is 0 Å². The number of pyridine rings is 1. The molecule has 1 amide bonds. The molecule has 0 radical (unpaired) electrons. The van der Waals surface area contributed by atoms with E-state index in [1.807, 2.05) is 6.07 Å². The molecule has 0 fully saturated rings. The van der Waals surface area contributed by atoms with E-state index in [0.29, 0.717) is 30.3 Å². The normalized spacial score (nSPS) is 11.4. The van der Waals surface area contributed by atoms with Gasteiger partial charge in [-0.25, -0.2) is 14.0 Å². The van der Waals surface area contributed by atoms with Gasteiger partial charge in [-0.2, -0.15) is 0 Å². The van der Waals surface area contributed by atoms with Crippen molar-refractivity contribution in [2.75, 3.05) is 19.8 Å². The van der Waals surface area contributed by atoms with Crippen molar-refractivity contribution in [2.45, 2.75) is 52.7 Å². The Labute approximate surface area is 175 Å². The second-order valence-corrected chi connectivity index (χ2v) is 7.86. The highest BCUT2D eigenvalue weighted by atomic mass is 19.1. The van der Waals surface area contributed by atoms with Crippen LogP contribution < -0.4 is 10.7 Å². The zero-order valence-electron chi connectivity index (χ0n) is 17.9. The second-order valence-electron chi connectivity index (χ2n) is 7.86. The maximum absolute atomic E-state index is 13.0. The van der Waals surface area contributed by atoms with E-state index >= 15 is 0 Å². The smallest absolute Gasteiger partial charge is 0.407 e. The van der Waals surface area contributed by atoms with Gasteiger partial charge in [0.2, 0.25) is 5.43 Å². The van der Waals surface area contributed by atoms with E-state index in [9.17, 15) is 18.8 Å². The molecule has 0 saturated heterocycles. The highest BCUT2D eigenvalue weighted by Crippen LogP contribution is 2.16. The molecule has 1 aromatic carbocycles. The summed E-state index contributed by atoms with van der Waals surface area (Å²) in [5, 5.41) is 3.03. The summed E-state index contributed by atoms with van der Waals surface area (Å²) in [6.45, 7) is 7.00. The molecule has 0 unspecified atom stereocenters. The number of aromatic nitrogens is 1. The molecule has 30 heavy (non-hydrogen) atoms. The fraction of sp³-hybridized carbons (Fsp3) is 0.500. The maximum atomic E-state index is 13.0. The molecule has 1 aromatic heterocycles. The number of esters is 1. The van der Waals surface area contributed by atoms with E-state index in [4.69, 9.17) is 9.47 Å². The van der Waals surface area contributed by atoms with Gasteiger partial charge in [-0.1, -0.05) is 6.07 Å². The van der Waals surface area contributed by atoms with Crippen LogP contribution in [0.15, 0.2) is 29.2 Å². The van der Waals surface area contributed by atoms with Crippen molar-refractivity contribution in [1.29, 1.82) is 0 Å². The van der Waals surface area contributed by atoms with E-state index in [0.717, 1.165) is 5.56 Å². The maximum Gasteiger partial charge on any atom is 0.407 e. The first-order chi connectivity index (χ1) is 14.2. The molecule has 7 nitrogen and oxygen atoms in total. The fourth-order valence-electron chi connectivity index (χ4n) is 3.03. The number of aryl methyl sites for hydroxylation is 2. The number of amides is 1. The van der Waals surface area contributed by atoms with E-state index in [1.54, 1.807) is 44.4 Å².